The van der Waals surface area contributed by atoms with Crippen LogP contribution in [0.5, 0.6) is 0 Å². The zero-order valence-electron chi connectivity index (χ0n) is 14.8. The number of rotatable bonds is 5. The van der Waals surface area contributed by atoms with Gasteiger partial charge in [0.2, 0.25) is 5.91 Å². The fourth-order valence-corrected chi connectivity index (χ4v) is 4.97. The third-order valence-corrected chi connectivity index (χ3v) is 6.62. The predicted molar refractivity (Wildman–Crippen MR) is 106 cm³/mol. The maximum atomic E-state index is 13.1. The van der Waals surface area contributed by atoms with Crippen LogP contribution in [0.15, 0.2) is 36.8 Å². The van der Waals surface area contributed by atoms with Gasteiger partial charge < -0.3 is 15.2 Å². The maximum absolute atomic E-state index is 13.1. The van der Waals surface area contributed by atoms with Crippen LogP contribution in [-0.2, 0) is 11.2 Å². The summed E-state index contributed by atoms with van der Waals surface area (Å²) >= 11 is 7.85. The van der Waals surface area contributed by atoms with Crippen LogP contribution in [0.25, 0.3) is 0 Å². The van der Waals surface area contributed by atoms with Crippen LogP contribution in [0, 0.1) is 5.41 Å². The van der Waals surface area contributed by atoms with Gasteiger partial charge in [-0.15, -0.1) is 0 Å². The summed E-state index contributed by atoms with van der Waals surface area (Å²) in [5, 5.41) is 3.87. The van der Waals surface area contributed by atoms with E-state index in [9.17, 15) is 9.59 Å². The quantitative estimate of drug-likeness (QED) is 0.802. The molecule has 8 heteroatoms. The SMILES string of the molecule is O=C(c1cnc[nH]1)N1CC(Cc2ccc(Cl)cc2)(C(=O)NC2CCSC2)C1. The van der Waals surface area contributed by atoms with Crippen LogP contribution in [0.4, 0.5) is 0 Å². The van der Waals surface area contributed by atoms with Gasteiger partial charge in [0.1, 0.15) is 5.69 Å². The molecule has 1 aromatic heterocycles. The third kappa shape index (κ3) is 3.84. The van der Waals surface area contributed by atoms with E-state index in [4.69, 9.17) is 11.6 Å². The molecule has 27 heavy (non-hydrogen) atoms. The first-order valence-corrected chi connectivity index (χ1v) is 10.5. The predicted octanol–water partition coefficient (Wildman–Crippen LogP) is 2.37. The summed E-state index contributed by atoms with van der Waals surface area (Å²) in [6.07, 6.45) is 4.59. The van der Waals surface area contributed by atoms with Gasteiger partial charge in [0.05, 0.1) is 17.9 Å². The first-order chi connectivity index (χ1) is 13.1. The molecule has 2 aliphatic heterocycles. The number of amides is 2. The molecule has 0 aliphatic carbocycles. The fraction of sp³-hybridized carbons (Fsp3) is 0.421. The van der Waals surface area contributed by atoms with Gasteiger partial charge in [0.25, 0.3) is 5.91 Å². The molecule has 4 rings (SSSR count). The van der Waals surface area contributed by atoms with E-state index in [-0.39, 0.29) is 17.9 Å². The van der Waals surface area contributed by atoms with Gasteiger partial charge in [-0.2, -0.15) is 11.8 Å². The number of nitrogens with one attached hydrogen (secondary N) is 2. The van der Waals surface area contributed by atoms with Crippen LogP contribution in [0.2, 0.25) is 5.02 Å². The van der Waals surface area contributed by atoms with Crippen molar-refractivity contribution < 1.29 is 9.59 Å². The normalized spacial score (nSPS) is 20.9. The largest absolute Gasteiger partial charge is 0.352 e. The smallest absolute Gasteiger partial charge is 0.271 e. The van der Waals surface area contributed by atoms with Crippen molar-refractivity contribution in [3.8, 4) is 0 Å². The first kappa shape index (κ1) is 18.4. The zero-order valence-corrected chi connectivity index (χ0v) is 16.4. The Balaban J connectivity index is 1.50. The van der Waals surface area contributed by atoms with E-state index in [0.717, 1.165) is 23.5 Å². The molecule has 1 unspecified atom stereocenters. The number of carbonyl (C=O) groups is 2. The summed E-state index contributed by atoms with van der Waals surface area (Å²) in [6.45, 7) is 0.804. The van der Waals surface area contributed by atoms with Crippen molar-refractivity contribution in [2.75, 3.05) is 24.6 Å². The molecule has 2 amide bonds. The Morgan fingerprint density at radius 2 is 2.11 bits per heavy atom. The summed E-state index contributed by atoms with van der Waals surface area (Å²) in [6, 6.07) is 7.79. The molecule has 0 saturated carbocycles. The molecule has 2 fully saturated rings. The highest BCUT2D eigenvalue weighted by Gasteiger charge is 2.51. The molecule has 2 N–H and O–H groups in total. The minimum Gasteiger partial charge on any atom is -0.352 e. The number of likely N-dealkylation sites (tertiary alicyclic amines) is 1. The topological polar surface area (TPSA) is 78.1 Å². The second kappa shape index (κ2) is 7.56. The number of H-pyrrole nitrogens is 1. The summed E-state index contributed by atoms with van der Waals surface area (Å²) in [4.78, 5) is 34.1. The van der Waals surface area contributed by atoms with Crippen LogP contribution in [0.1, 0.15) is 22.5 Å². The van der Waals surface area contributed by atoms with E-state index in [1.807, 2.05) is 36.0 Å². The van der Waals surface area contributed by atoms with Gasteiger partial charge in [-0.05, 0) is 36.3 Å². The van der Waals surface area contributed by atoms with Crippen molar-refractivity contribution in [1.29, 1.82) is 0 Å². The Kier molecular flexibility index (Phi) is 5.14. The zero-order chi connectivity index (χ0) is 18.9. The number of nitrogens with zero attached hydrogens (tertiary/aromatic N) is 2. The average molecular weight is 405 g/mol. The Morgan fingerprint density at radius 1 is 1.33 bits per heavy atom. The van der Waals surface area contributed by atoms with E-state index in [0.29, 0.717) is 30.2 Å². The van der Waals surface area contributed by atoms with Crippen molar-refractivity contribution >= 4 is 35.2 Å². The Morgan fingerprint density at radius 3 is 2.74 bits per heavy atom. The van der Waals surface area contributed by atoms with Gasteiger partial charge in [-0.3, -0.25) is 9.59 Å². The lowest BCUT2D eigenvalue weighted by molar-refractivity contribution is -0.140. The number of halogens is 1. The number of carbonyl (C=O) groups excluding carboxylic acids is 2. The number of aromatic amines is 1. The minimum absolute atomic E-state index is 0.0404. The number of hydrogen-bond acceptors (Lipinski definition) is 4. The van der Waals surface area contributed by atoms with Crippen LogP contribution < -0.4 is 5.32 Å². The second-order valence-corrected chi connectivity index (χ2v) is 8.83. The van der Waals surface area contributed by atoms with Crippen molar-refractivity contribution in [2.45, 2.75) is 18.9 Å². The number of imidazole rings is 1. The monoisotopic (exact) mass is 404 g/mol. The maximum Gasteiger partial charge on any atom is 0.271 e. The lowest BCUT2D eigenvalue weighted by Gasteiger charge is -2.49. The van der Waals surface area contributed by atoms with Gasteiger partial charge in [0.15, 0.2) is 0 Å². The molecule has 2 aliphatic rings. The summed E-state index contributed by atoms with van der Waals surface area (Å²) in [5.41, 5.74) is 0.892. The van der Waals surface area contributed by atoms with Crippen molar-refractivity contribution in [1.82, 2.24) is 20.2 Å². The number of benzene rings is 1. The van der Waals surface area contributed by atoms with Gasteiger partial charge >= 0.3 is 0 Å². The lowest BCUT2D eigenvalue weighted by Crippen LogP contribution is -2.66. The Hall–Kier alpha value is -1.99. The van der Waals surface area contributed by atoms with Crippen LogP contribution >= 0.6 is 23.4 Å². The highest BCUT2D eigenvalue weighted by Crippen LogP contribution is 2.36. The average Bonchev–Trinajstić information content (AvgIpc) is 3.32. The van der Waals surface area contributed by atoms with Gasteiger partial charge in [-0.25, -0.2) is 4.98 Å². The fourth-order valence-electron chi connectivity index (χ4n) is 3.69. The van der Waals surface area contributed by atoms with E-state index in [2.05, 4.69) is 15.3 Å². The number of thioether (sulfide) groups is 1. The molecule has 3 heterocycles. The van der Waals surface area contributed by atoms with Crippen molar-refractivity contribution in [3.05, 3.63) is 53.1 Å². The van der Waals surface area contributed by atoms with E-state index >= 15 is 0 Å². The van der Waals surface area contributed by atoms with Gasteiger partial charge in [0, 0.05) is 29.9 Å². The van der Waals surface area contributed by atoms with Crippen molar-refractivity contribution in [3.63, 3.8) is 0 Å². The molecule has 142 valence electrons. The van der Waals surface area contributed by atoms with E-state index < -0.39 is 5.41 Å². The second-order valence-electron chi connectivity index (χ2n) is 7.24. The molecule has 0 bridgehead atoms. The number of aromatic nitrogens is 2. The first-order valence-electron chi connectivity index (χ1n) is 8.97. The molecule has 6 nitrogen and oxygen atoms in total. The van der Waals surface area contributed by atoms with Crippen LogP contribution in [-0.4, -0.2) is 57.3 Å². The van der Waals surface area contributed by atoms with Gasteiger partial charge in [-0.1, -0.05) is 23.7 Å². The molecule has 2 aromatic rings. The Bertz CT molecular complexity index is 813. The standard InChI is InChI=1S/C19H21ClN4O2S/c20-14-3-1-13(2-4-14)7-19(18(26)23-15-5-6-27-9-15)10-24(11-19)17(25)16-8-21-12-22-16/h1-4,8,12,15H,5-7,9-11H2,(H,21,22)(H,23,26). The van der Waals surface area contributed by atoms with E-state index in [1.165, 1.54) is 12.5 Å². The molecule has 1 atom stereocenters. The lowest BCUT2D eigenvalue weighted by atomic mass is 9.73. The molecule has 0 spiro atoms. The Labute approximate surface area is 167 Å². The molecular weight excluding hydrogens is 384 g/mol. The van der Waals surface area contributed by atoms with Crippen molar-refractivity contribution in [2.24, 2.45) is 5.41 Å². The molecule has 0 radical (unpaired) electrons. The summed E-state index contributed by atoms with van der Waals surface area (Å²) in [7, 11) is 0. The molecule has 1 aromatic carbocycles. The van der Waals surface area contributed by atoms with E-state index in [1.54, 1.807) is 4.90 Å². The molecular formula is C19H21ClN4O2S. The minimum atomic E-state index is -0.600. The number of hydrogen-bond donors (Lipinski definition) is 2. The highest BCUT2D eigenvalue weighted by atomic mass is 35.5. The highest BCUT2D eigenvalue weighted by molar-refractivity contribution is 7.99. The summed E-state index contributed by atoms with van der Waals surface area (Å²) < 4.78 is 0. The summed E-state index contributed by atoms with van der Waals surface area (Å²) in [5.74, 6) is 1.96. The van der Waals surface area contributed by atoms with Crippen LogP contribution in [0.3, 0.4) is 0 Å². The molecule has 2 saturated heterocycles. The third-order valence-electron chi connectivity index (χ3n) is 5.21.